The van der Waals surface area contributed by atoms with Gasteiger partial charge in [-0.25, -0.2) is 4.98 Å². The maximum atomic E-state index is 4.98. The molecule has 4 heterocycles. The van der Waals surface area contributed by atoms with E-state index in [1.54, 1.807) is 11.3 Å². The Balaban J connectivity index is 1.37. The van der Waals surface area contributed by atoms with Crippen LogP contribution in [0, 0.1) is 12.8 Å². The lowest BCUT2D eigenvalue weighted by Crippen LogP contribution is -2.23. The lowest BCUT2D eigenvalue weighted by molar-refractivity contribution is 0.356. The molecule has 0 bridgehead atoms. The summed E-state index contributed by atoms with van der Waals surface area (Å²) >= 11 is 1.74. The number of hydrogen-bond acceptors (Lipinski definition) is 5. The lowest BCUT2D eigenvalue weighted by Gasteiger charge is -2.28. The highest BCUT2D eigenvalue weighted by atomic mass is 32.1. The second-order valence-corrected chi connectivity index (χ2v) is 11.0. The Morgan fingerprint density at radius 2 is 2.03 bits per heavy atom. The molecule has 0 spiro atoms. The van der Waals surface area contributed by atoms with E-state index in [1.165, 1.54) is 24.1 Å². The van der Waals surface area contributed by atoms with Crippen LogP contribution in [0.25, 0.3) is 49.5 Å². The van der Waals surface area contributed by atoms with Crippen molar-refractivity contribution < 1.29 is 0 Å². The molecule has 0 unspecified atom stereocenters. The van der Waals surface area contributed by atoms with E-state index >= 15 is 0 Å². The first-order valence-corrected chi connectivity index (χ1v) is 13.7. The van der Waals surface area contributed by atoms with Gasteiger partial charge in [-0.15, -0.1) is 11.3 Å². The molecule has 3 N–H and O–H groups in total. The van der Waals surface area contributed by atoms with Gasteiger partial charge in [0, 0.05) is 38.3 Å². The van der Waals surface area contributed by atoms with Crippen molar-refractivity contribution in [1.29, 1.82) is 0 Å². The van der Waals surface area contributed by atoms with Crippen LogP contribution in [0.2, 0.25) is 0 Å². The Labute approximate surface area is 225 Å². The van der Waals surface area contributed by atoms with Gasteiger partial charge >= 0.3 is 0 Å². The maximum absolute atomic E-state index is 4.98. The largest absolute Gasteiger partial charge is 0.359 e. The zero-order valence-electron chi connectivity index (χ0n) is 21.6. The lowest BCUT2D eigenvalue weighted by atomic mass is 9.83. The van der Waals surface area contributed by atoms with Crippen LogP contribution in [0.3, 0.4) is 0 Å². The Bertz CT molecular complexity index is 1740. The number of hydrogen-bond donors (Lipinski definition) is 3. The van der Waals surface area contributed by atoms with Crippen LogP contribution < -0.4 is 5.32 Å². The van der Waals surface area contributed by atoms with Crippen LogP contribution in [-0.4, -0.2) is 25.1 Å². The number of imidazole rings is 1. The molecule has 190 valence electrons. The molecular formula is C31H30N6S. The molecule has 1 aliphatic carbocycles. The summed E-state index contributed by atoms with van der Waals surface area (Å²) in [5, 5.41) is 12.3. The average molecular weight is 519 g/mol. The minimum Gasteiger partial charge on any atom is -0.359 e. The van der Waals surface area contributed by atoms with Crippen molar-refractivity contribution in [2.45, 2.75) is 33.1 Å². The van der Waals surface area contributed by atoms with Crippen molar-refractivity contribution in [1.82, 2.24) is 30.5 Å². The van der Waals surface area contributed by atoms with Crippen molar-refractivity contribution in [2.24, 2.45) is 5.92 Å². The number of aryl methyl sites for hydroxylation is 1. The molecule has 4 aromatic heterocycles. The van der Waals surface area contributed by atoms with Crippen molar-refractivity contribution >= 4 is 38.8 Å². The fourth-order valence-corrected chi connectivity index (χ4v) is 5.75. The number of allylic oxidation sites excluding steroid dienone is 5. The average Bonchev–Trinajstić information content (AvgIpc) is 3.62. The van der Waals surface area contributed by atoms with Crippen LogP contribution in [0.1, 0.15) is 36.6 Å². The molecule has 0 atom stereocenters. The van der Waals surface area contributed by atoms with E-state index in [9.17, 15) is 0 Å². The number of rotatable bonds is 8. The molecule has 6 rings (SSSR count). The van der Waals surface area contributed by atoms with E-state index in [2.05, 4.69) is 88.0 Å². The Morgan fingerprint density at radius 1 is 1.16 bits per heavy atom. The molecule has 1 fully saturated rings. The summed E-state index contributed by atoms with van der Waals surface area (Å²) in [6.07, 6.45) is 13.5. The predicted molar refractivity (Wildman–Crippen MR) is 159 cm³/mol. The summed E-state index contributed by atoms with van der Waals surface area (Å²) in [6, 6.07) is 10.6. The molecular weight excluding hydrogens is 488 g/mol. The number of aromatic nitrogens is 5. The first-order chi connectivity index (χ1) is 18.5. The molecule has 38 heavy (non-hydrogen) atoms. The van der Waals surface area contributed by atoms with Crippen LogP contribution in [-0.2, 0) is 0 Å². The summed E-state index contributed by atoms with van der Waals surface area (Å²) in [4.78, 5) is 15.3. The van der Waals surface area contributed by atoms with E-state index in [0.717, 1.165) is 60.6 Å². The number of benzene rings is 1. The fourth-order valence-electron chi connectivity index (χ4n) is 4.87. The smallest absolute Gasteiger partial charge is 0.159 e. The number of nitrogens with one attached hydrogen (secondary N) is 3. The molecule has 6 nitrogen and oxygen atoms in total. The number of aromatic amines is 2. The van der Waals surface area contributed by atoms with Crippen LogP contribution >= 0.6 is 11.3 Å². The highest BCUT2D eigenvalue weighted by molar-refractivity contribution is 7.15. The second-order valence-electron chi connectivity index (χ2n) is 9.74. The molecule has 0 saturated heterocycles. The molecule has 1 saturated carbocycles. The third kappa shape index (κ3) is 4.39. The minimum atomic E-state index is 0.556. The van der Waals surface area contributed by atoms with Gasteiger partial charge < -0.3 is 10.3 Å². The summed E-state index contributed by atoms with van der Waals surface area (Å²) in [7, 11) is 0. The first-order valence-electron chi connectivity index (χ1n) is 12.9. The van der Waals surface area contributed by atoms with Crippen molar-refractivity contribution in [3.63, 3.8) is 0 Å². The maximum Gasteiger partial charge on any atom is 0.159 e. The number of thiophene rings is 1. The van der Waals surface area contributed by atoms with E-state index in [-0.39, 0.29) is 0 Å². The summed E-state index contributed by atoms with van der Waals surface area (Å²) in [5.74, 6) is 1.27. The Morgan fingerprint density at radius 3 is 2.74 bits per heavy atom. The van der Waals surface area contributed by atoms with Gasteiger partial charge in [-0.05, 0) is 80.2 Å². The first kappa shape index (κ1) is 24.1. The predicted octanol–water partition coefficient (Wildman–Crippen LogP) is 7.91. The third-order valence-electron chi connectivity index (χ3n) is 7.27. The van der Waals surface area contributed by atoms with E-state index < -0.39 is 0 Å². The summed E-state index contributed by atoms with van der Waals surface area (Å²) < 4.78 is 0. The molecule has 1 aromatic carbocycles. The third-order valence-corrected chi connectivity index (χ3v) is 8.30. The number of H-pyrrole nitrogens is 2. The zero-order valence-corrected chi connectivity index (χ0v) is 22.5. The van der Waals surface area contributed by atoms with Crippen molar-refractivity contribution in [2.75, 3.05) is 0 Å². The quantitative estimate of drug-likeness (QED) is 0.182. The van der Waals surface area contributed by atoms with Crippen molar-refractivity contribution in [3.05, 3.63) is 95.9 Å². The SMILES string of the molecule is C=C/C(=C\C(=C/C)c1ccc2[nH]nc(-c3nc4c(-c5ccc(C)s5)cncc4[nH]3)c2c1)NC(=C)C1CCC1. The molecule has 7 heteroatoms. The highest BCUT2D eigenvalue weighted by Gasteiger charge is 2.21. The van der Waals surface area contributed by atoms with E-state index in [1.807, 2.05) is 25.4 Å². The van der Waals surface area contributed by atoms with Gasteiger partial charge in [0.15, 0.2) is 5.82 Å². The van der Waals surface area contributed by atoms with Gasteiger partial charge in [-0.1, -0.05) is 31.7 Å². The van der Waals surface area contributed by atoms with Crippen LogP contribution in [0.5, 0.6) is 0 Å². The zero-order chi connectivity index (χ0) is 26.2. The Hall–Kier alpha value is -4.23. The normalized spacial score (nSPS) is 14.7. The monoisotopic (exact) mass is 518 g/mol. The summed E-state index contributed by atoms with van der Waals surface area (Å²) in [5.41, 5.74) is 8.75. The van der Waals surface area contributed by atoms with Crippen molar-refractivity contribution in [3.8, 4) is 22.0 Å². The van der Waals surface area contributed by atoms with Crippen LogP contribution in [0.4, 0.5) is 0 Å². The number of nitrogens with zero attached hydrogens (tertiary/aromatic N) is 3. The van der Waals surface area contributed by atoms with Gasteiger partial charge in [-0.2, -0.15) is 5.10 Å². The van der Waals surface area contributed by atoms with Gasteiger partial charge in [-0.3, -0.25) is 10.1 Å². The molecule has 5 aromatic rings. The topological polar surface area (TPSA) is 82.3 Å². The van der Waals surface area contributed by atoms with Gasteiger partial charge in [0.05, 0.1) is 17.2 Å². The fraction of sp³-hybridized carbons (Fsp3) is 0.194. The molecule has 1 aliphatic rings. The van der Waals surface area contributed by atoms with Crippen LogP contribution in [0.15, 0.2) is 85.5 Å². The van der Waals surface area contributed by atoms with E-state index in [0.29, 0.717) is 11.7 Å². The summed E-state index contributed by atoms with van der Waals surface area (Å²) in [6.45, 7) is 12.4. The molecule has 0 radical (unpaired) electrons. The Kier molecular flexibility index (Phi) is 6.29. The number of fused-ring (bicyclic) bond motifs is 2. The molecule has 0 amide bonds. The number of pyridine rings is 1. The standard InChI is InChI=1S/C31H30N6S/c1-5-20(14-23(6-2)33-19(4)21-8-7-9-21)22-11-12-26-24(15-22)30(37-36-26)31-34-27-17-32-16-25(29(27)35-31)28-13-10-18(3)38-28/h5-6,10-17,21,33H,2,4,7-9H2,1,3H3,(H,34,35)(H,36,37)/b20-5+,23-14+. The van der Waals surface area contributed by atoms with Gasteiger partial charge in [0.2, 0.25) is 0 Å². The van der Waals surface area contributed by atoms with Gasteiger partial charge in [0.25, 0.3) is 0 Å². The van der Waals surface area contributed by atoms with E-state index in [4.69, 9.17) is 4.98 Å². The molecule has 0 aliphatic heterocycles. The second kappa shape index (κ2) is 9.91. The minimum absolute atomic E-state index is 0.556. The highest BCUT2D eigenvalue weighted by Crippen LogP contribution is 2.35. The van der Waals surface area contributed by atoms with Gasteiger partial charge in [0.1, 0.15) is 11.2 Å².